The highest BCUT2D eigenvalue weighted by Crippen LogP contribution is 2.24. The number of carbonyl (C=O) groups is 1. The minimum Gasteiger partial charge on any atom is -0.340 e. The summed E-state index contributed by atoms with van der Waals surface area (Å²) in [4.78, 5) is 29.2. The van der Waals surface area contributed by atoms with E-state index < -0.39 is 20.0 Å². The molecule has 2 saturated heterocycles. The fourth-order valence-electron chi connectivity index (χ4n) is 4.96. The van der Waals surface area contributed by atoms with Gasteiger partial charge in [0.25, 0.3) is 20.0 Å². The number of carbonyl (C=O) groups excluding carboxylic acids is 1. The first kappa shape index (κ1) is 28.1. The Hall–Kier alpha value is -3.46. The van der Waals surface area contributed by atoms with Crippen molar-refractivity contribution in [3.05, 3.63) is 72.7 Å². The zero-order valence-electron chi connectivity index (χ0n) is 21.8. The summed E-state index contributed by atoms with van der Waals surface area (Å²) in [5, 5.41) is -0.0562. The molecule has 0 aliphatic carbocycles. The number of likely N-dealkylation sites (tertiary alicyclic amines) is 1. The van der Waals surface area contributed by atoms with E-state index in [9.17, 15) is 21.6 Å². The Kier molecular flexibility index (Phi) is 8.40. The van der Waals surface area contributed by atoms with E-state index in [0.29, 0.717) is 32.5 Å². The Morgan fingerprint density at radius 2 is 1.45 bits per heavy atom. The lowest BCUT2D eigenvalue weighted by molar-refractivity contribution is -0.138. The molecule has 0 spiro atoms. The Morgan fingerprint density at radius 3 is 2.08 bits per heavy atom. The molecule has 5 heterocycles. The van der Waals surface area contributed by atoms with E-state index in [1.165, 1.54) is 28.8 Å². The molecule has 3 aromatic heterocycles. The van der Waals surface area contributed by atoms with Crippen molar-refractivity contribution in [3.8, 4) is 0 Å². The fourth-order valence-corrected chi connectivity index (χ4v) is 7.26. The van der Waals surface area contributed by atoms with Crippen molar-refractivity contribution >= 4 is 31.8 Å². The highest BCUT2D eigenvalue weighted by Gasteiger charge is 2.34. The lowest BCUT2D eigenvalue weighted by atomic mass is 9.94. The lowest BCUT2D eigenvalue weighted by Crippen LogP contribution is -2.52. The van der Waals surface area contributed by atoms with Crippen LogP contribution in [0.2, 0.25) is 0 Å². The SMILES string of the molecule is O=C(C1CCN(Cc2ccnc(NS(=O)(=O)c3ccccn3)c2)CC1)N1CCN(S(=O)(=O)c2ccccn2)CC1. The summed E-state index contributed by atoms with van der Waals surface area (Å²) in [7, 11) is -7.50. The van der Waals surface area contributed by atoms with Crippen LogP contribution in [0, 0.1) is 5.92 Å². The van der Waals surface area contributed by atoms with Gasteiger partial charge in [-0.25, -0.2) is 23.4 Å². The zero-order valence-corrected chi connectivity index (χ0v) is 23.5. The second-order valence-corrected chi connectivity index (χ2v) is 13.3. The van der Waals surface area contributed by atoms with Gasteiger partial charge in [0.2, 0.25) is 5.91 Å². The van der Waals surface area contributed by atoms with Crippen molar-refractivity contribution in [1.29, 1.82) is 0 Å². The van der Waals surface area contributed by atoms with Crippen LogP contribution in [0.25, 0.3) is 0 Å². The van der Waals surface area contributed by atoms with E-state index in [2.05, 4.69) is 24.6 Å². The topological polar surface area (TPSA) is 146 Å². The number of nitrogens with zero attached hydrogens (tertiary/aromatic N) is 6. The monoisotopic (exact) mass is 585 g/mol. The fraction of sp³-hybridized carbons (Fsp3) is 0.385. The Balaban J connectivity index is 1.11. The largest absolute Gasteiger partial charge is 0.340 e. The molecule has 1 N–H and O–H groups in total. The highest BCUT2D eigenvalue weighted by molar-refractivity contribution is 7.92. The molecule has 0 unspecified atom stereocenters. The van der Waals surface area contributed by atoms with Crippen LogP contribution >= 0.6 is 0 Å². The molecule has 2 aliphatic heterocycles. The number of rotatable bonds is 8. The number of hydrogen-bond acceptors (Lipinski definition) is 9. The molecule has 3 aromatic rings. The van der Waals surface area contributed by atoms with Crippen molar-refractivity contribution in [2.24, 2.45) is 5.92 Å². The molecular formula is C26H31N7O5S2. The molecule has 0 saturated carbocycles. The first-order valence-electron chi connectivity index (χ1n) is 13.0. The third-order valence-corrected chi connectivity index (χ3v) is 10.2. The number of pyridine rings is 3. The van der Waals surface area contributed by atoms with Crippen LogP contribution in [0.5, 0.6) is 0 Å². The van der Waals surface area contributed by atoms with Crippen LogP contribution in [-0.4, -0.2) is 91.1 Å². The third kappa shape index (κ3) is 6.46. The molecule has 14 heteroatoms. The van der Waals surface area contributed by atoms with Crippen LogP contribution in [0.15, 0.2) is 77.2 Å². The predicted molar refractivity (Wildman–Crippen MR) is 147 cm³/mol. The van der Waals surface area contributed by atoms with Crippen molar-refractivity contribution in [2.45, 2.75) is 29.4 Å². The van der Waals surface area contributed by atoms with Gasteiger partial charge < -0.3 is 4.90 Å². The van der Waals surface area contributed by atoms with Crippen LogP contribution in [-0.2, 0) is 31.4 Å². The van der Waals surface area contributed by atoms with E-state index in [0.717, 1.165) is 18.7 Å². The van der Waals surface area contributed by atoms with Crippen molar-refractivity contribution in [2.75, 3.05) is 44.0 Å². The van der Waals surface area contributed by atoms with Gasteiger partial charge in [0.05, 0.1) is 0 Å². The molecule has 0 aromatic carbocycles. The third-order valence-electron chi connectivity index (χ3n) is 7.11. The maximum atomic E-state index is 13.2. The van der Waals surface area contributed by atoms with Gasteiger partial charge in [0, 0.05) is 57.2 Å². The molecule has 2 aliphatic rings. The van der Waals surface area contributed by atoms with Gasteiger partial charge in [-0.15, -0.1) is 0 Å². The van der Waals surface area contributed by atoms with Gasteiger partial charge in [0.15, 0.2) is 10.1 Å². The molecule has 40 heavy (non-hydrogen) atoms. The first-order valence-corrected chi connectivity index (χ1v) is 16.0. The predicted octanol–water partition coefficient (Wildman–Crippen LogP) is 1.42. The van der Waals surface area contributed by atoms with Gasteiger partial charge in [0.1, 0.15) is 5.82 Å². The molecule has 1 amide bonds. The molecule has 12 nitrogen and oxygen atoms in total. The summed E-state index contributed by atoms with van der Waals surface area (Å²) in [6, 6.07) is 13.0. The van der Waals surface area contributed by atoms with E-state index in [4.69, 9.17) is 0 Å². The van der Waals surface area contributed by atoms with Gasteiger partial charge in [-0.2, -0.15) is 12.7 Å². The second kappa shape index (κ2) is 12.0. The number of nitrogens with one attached hydrogen (secondary N) is 1. The Labute approximate surface area is 234 Å². The summed E-state index contributed by atoms with van der Waals surface area (Å²) in [6.45, 7) is 3.27. The molecule has 0 radical (unpaired) electrons. The summed E-state index contributed by atoms with van der Waals surface area (Å²) in [5.41, 5.74) is 0.906. The van der Waals surface area contributed by atoms with Crippen LogP contribution in [0.1, 0.15) is 18.4 Å². The molecular weight excluding hydrogens is 554 g/mol. The molecule has 0 bridgehead atoms. The summed E-state index contributed by atoms with van der Waals surface area (Å²) in [6.07, 6.45) is 5.85. The van der Waals surface area contributed by atoms with Crippen molar-refractivity contribution in [3.63, 3.8) is 0 Å². The minimum atomic E-state index is -3.84. The maximum absolute atomic E-state index is 13.2. The van der Waals surface area contributed by atoms with Crippen molar-refractivity contribution in [1.82, 2.24) is 29.1 Å². The summed E-state index contributed by atoms with van der Waals surface area (Å²) >= 11 is 0. The second-order valence-electron chi connectivity index (χ2n) is 9.77. The lowest BCUT2D eigenvalue weighted by Gasteiger charge is -2.38. The van der Waals surface area contributed by atoms with Crippen molar-refractivity contribution < 1.29 is 21.6 Å². The minimum absolute atomic E-state index is 0.0223. The average Bonchev–Trinajstić information content (AvgIpc) is 2.98. The first-order chi connectivity index (χ1) is 19.2. The number of anilines is 1. The zero-order chi connectivity index (χ0) is 28.2. The number of piperazine rings is 1. The number of amides is 1. The number of aromatic nitrogens is 3. The van der Waals surface area contributed by atoms with Crippen LogP contribution in [0.3, 0.4) is 0 Å². The smallest absolute Gasteiger partial charge is 0.280 e. The van der Waals surface area contributed by atoms with Gasteiger partial charge in [-0.05, 0) is 67.9 Å². The number of sulfonamides is 2. The molecule has 5 rings (SSSR count). The quantitative estimate of drug-likeness (QED) is 0.415. The van der Waals surface area contributed by atoms with E-state index in [1.807, 2.05) is 6.07 Å². The normalized spacial score (nSPS) is 17.9. The number of piperidine rings is 1. The Bertz CT molecular complexity index is 1520. The van der Waals surface area contributed by atoms with E-state index >= 15 is 0 Å². The maximum Gasteiger partial charge on any atom is 0.280 e. The van der Waals surface area contributed by atoms with Crippen LogP contribution in [0.4, 0.5) is 5.82 Å². The Morgan fingerprint density at radius 1 is 0.800 bits per heavy atom. The van der Waals surface area contributed by atoms with E-state index in [1.54, 1.807) is 41.4 Å². The molecule has 0 atom stereocenters. The molecule has 212 valence electrons. The standard InChI is InChI=1S/C26H31N7O5S2/c34-26(32-15-17-33(18-16-32)40(37,38)25-6-2-4-11-29-25)22-8-13-31(14-9-22)20-21-7-12-27-23(19-21)30-39(35,36)24-5-1-3-10-28-24/h1-7,10-12,19,22H,8-9,13-18,20H2,(H,27,30). The van der Waals surface area contributed by atoms with Crippen LogP contribution < -0.4 is 4.72 Å². The average molecular weight is 586 g/mol. The van der Waals surface area contributed by atoms with Gasteiger partial charge in [-0.3, -0.25) is 14.4 Å². The summed E-state index contributed by atoms with van der Waals surface area (Å²) in [5.74, 6) is 0.190. The van der Waals surface area contributed by atoms with Gasteiger partial charge >= 0.3 is 0 Å². The molecule has 2 fully saturated rings. The highest BCUT2D eigenvalue weighted by atomic mass is 32.2. The van der Waals surface area contributed by atoms with Gasteiger partial charge in [-0.1, -0.05) is 12.1 Å². The summed E-state index contributed by atoms with van der Waals surface area (Å²) < 4.78 is 54.6. The number of hydrogen-bond donors (Lipinski definition) is 1. The van der Waals surface area contributed by atoms with E-state index in [-0.39, 0.29) is 40.8 Å².